The van der Waals surface area contributed by atoms with E-state index in [9.17, 15) is 14.4 Å². The van der Waals surface area contributed by atoms with Crippen molar-refractivity contribution < 1.29 is 24.2 Å². The molecule has 1 aromatic rings. The van der Waals surface area contributed by atoms with Gasteiger partial charge in [-0.15, -0.1) is 0 Å². The van der Waals surface area contributed by atoms with E-state index in [1.165, 1.54) is 0 Å². The van der Waals surface area contributed by atoms with E-state index in [0.29, 0.717) is 52.2 Å². The molecule has 4 rings (SSSR count). The molecule has 174 valence electrons. The van der Waals surface area contributed by atoms with E-state index in [-0.39, 0.29) is 35.5 Å². The van der Waals surface area contributed by atoms with Gasteiger partial charge in [0.25, 0.3) is 0 Å². The number of carbonyl (C=O) groups excluding carboxylic acids is 2. The number of benzene rings is 1. The number of rotatable bonds is 6. The lowest BCUT2D eigenvalue weighted by Gasteiger charge is -2.33. The molecule has 2 amide bonds. The maximum Gasteiger partial charge on any atom is 0.335 e. The number of amides is 2. The van der Waals surface area contributed by atoms with Gasteiger partial charge < -0.3 is 20.1 Å². The molecule has 3 atom stereocenters. The van der Waals surface area contributed by atoms with Crippen LogP contribution in [0.2, 0.25) is 0 Å². The highest BCUT2D eigenvalue weighted by Crippen LogP contribution is 2.28. The summed E-state index contributed by atoms with van der Waals surface area (Å²) < 4.78 is 5.33. The van der Waals surface area contributed by atoms with Crippen molar-refractivity contribution in [1.82, 2.24) is 20.0 Å². The Labute approximate surface area is 188 Å². The van der Waals surface area contributed by atoms with E-state index in [1.54, 1.807) is 12.1 Å². The Morgan fingerprint density at radius 3 is 2.56 bits per heavy atom. The topological polar surface area (TPSA) is 102 Å². The van der Waals surface area contributed by atoms with Crippen LogP contribution in [-0.4, -0.2) is 102 Å². The molecule has 1 aromatic carbocycles. The number of likely N-dealkylation sites (tertiary alicyclic amines) is 1. The predicted octanol–water partition coefficient (Wildman–Crippen LogP) is 0.397. The summed E-state index contributed by atoms with van der Waals surface area (Å²) in [6.07, 6.45) is 2.07. The minimum absolute atomic E-state index is 0.0310. The number of morpholine rings is 1. The standard InChI is InChI=1S/C23H32N4O5/c1-25-18(6-7-20(28)26-10-12-32-13-11-26)14-24-22(29)21-19(25)8-9-27(21)15-16-2-4-17(5-3-16)23(30)31/h2-5,18-19,21H,6-15H2,1H3,(H,24,29)(H,30,31)/t18-,19+,21-/m0/s1. The van der Waals surface area contributed by atoms with Gasteiger partial charge in [-0.3, -0.25) is 19.4 Å². The van der Waals surface area contributed by atoms with Crippen LogP contribution in [0, 0.1) is 0 Å². The molecule has 2 N–H and O–H groups in total. The number of aromatic carboxylic acids is 1. The number of ether oxygens (including phenoxy) is 1. The van der Waals surface area contributed by atoms with Crippen LogP contribution >= 0.6 is 0 Å². The summed E-state index contributed by atoms with van der Waals surface area (Å²) in [6, 6.07) is 6.80. The molecule has 0 radical (unpaired) electrons. The van der Waals surface area contributed by atoms with Crippen LogP contribution < -0.4 is 5.32 Å². The summed E-state index contributed by atoms with van der Waals surface area (Å²) in [5.41, 5.74) is 1.25. The van der Waals surface area contributed by atoms with E-state index in [0.717, 1.165) is 18.5 Å². The second-order valence-electron chi connectivity index (χ2n) is 8.87. The van der Waals surface area contributed by atoms with Gasteiger partial charge in [0.05, 0.1) is 18.8 Å². The summed E-state index contributed by atoms with van der Waals surface area (Å²) >= 11 is 0. The van der Waals surface area contributed by atoms with Gasteiger partial charge in [-0.2, -0.15) is 0 Å². The minimum atomic E-state index is -0.944. The predicted molar refractivity (Wildman–Crippen MR) is 117 cm³/mol. The fourth-order valence-corrected chi connectivity index (χ4v) is 5.07. The lowest BCUT2D eigenvalue weighted by molar-refractivity contribution is -0.135. The number of likely N-dealkylation sites (N-methyl/N-ethyl adjacent to an activating group) is 1. The van der Waals surface area contributed by atoms with Crippen molar-refractivity contribution in [3.63, 3.8) is 0 Å². The molecule has 0 saturated carbocycles. The largest absolute Gasteiger partial charge is 0.478 e. The molecule has 3 fully saturated rings. The number of nitrogens with zero attached hydrogens (tertiary/aromatic N) is 3. The Morgan fingerprint density at radius 1 is 1.16 bits per heavy atom. The third-order valence-electron chi connectivity index (χ3n) is 6.99. The number of carbonyl (C=O) groups is 3. The van der Waals surface area contributed by atoms with Gasteiger partial charge in [0, 0.05) is 51.2 Å². The van der Waals surface area contributed by atoms with Crippen molar-refractivity contribution in [2.45, 2.75) is 43.9 Å². The molecule has 3 aliphatic heterocycles. The molecule has 3 heterocycles. The van der Waals surface area contributed by atoms with Gasteiger partial charge in [-0.1, -0.05) is 12.1 Å². The van der Waals surface area contributed by atoms with Crippen LogP contribution in [-0.2, 0) is 20.9 Å². The van der Waals surface area contributed by atoms with Crippen LogP contribution in [0.5, 0.6) is 0 Å². The highest BCUT2D eigenvalue weighted by atomic mass is 16.5. The summed E-state index contributed by atoms with van der Waals surface area (Å²) in [4.78, 5) is 42.9. The fraction of sp³-hybridized carbons (Fsp3) is 0.609. The van der Waals surface area contributed by atoms with Crippen molar-refractivity contribution >= 4 is 17.8 Å². The average molecular weight is 445 g/mol. The molecular formula is C23H32N4O5. The fourth-order valence-electron chi connectivity index (χ4n) is 5.07. The van der Waals surface area contributed by atoms with Crippen molar-refractivity contribution in [3.8, 4) is 0 Å². The maximum atomic E-state index is 13.0. The van der Waals surface area contributed by atoms with E-state index in [1.807, 2.05) is 17.0 Å². The van der Waals surface area contributed by atoms with Crippen molar-refractivity contribution in [3.05, 3.63) is 35.4 Å². The first-order valence-electron chi connectivity index (χ1n) is 11.4. The number of hydrogen-bond acceptors (Lipinski definition) is 6. The van der Waals surface area contributed by atoms with Crippen LogP contribution in [0.4, 0.5) is 0 Å². The summed E-state index contributed by atoms with van der Waals surface area (Å²) in [6.45, 7) is 4.45. The average Bonchev–Trinajstić information content (AvgIpc) is 3.17. The van der Waals surface area contributed by atoms with Crippen molar-refractivity contribution in [2.75, 3.05) is 46.4 Å². The van der Waals surface area contributed by atoms with E-state index in [2.05, 4.69) is 22.2 Å². The molecule has 0 unspecified atom stereocenters. The van der Waals surface area contributed by atoms with Gasteiger partial charge in [0.1, 0.15) is 6.04 Å². The number of fused-ring (bicyclic) bond motifs is 1. The molecule has 0 aliphatic carbocycles. The summed E-state index contributed by atoms with van der Waals surface area (Å²) in [7, 11) is 2.06. The number of carboxylic acid groups (broad SMARTS) is 1. The second-order valence-corrected chi connectivity index (χ2v) is 8.87. The maximum absolute atomic E-state index is 13.0. The monoisotopic (exact) mass is 444 g/mol. The summed E-state index contributed by atoms with van der Waals surface area (Å²) in [5, 5.41) is 12.2. The second kappa shape index (κ2) is 9.97. The van der Waals surface area contributed by atoms with Gasteiger partial charge in [0.2, 0.25) is 11.8 Å². The molecule has 9 nitrogen and oxygen atoms in total. The molecule has 0 aromatic heterocycles. The third-order valence-corrected chi connectivity index (χ3v) is 6.99. The normalized spacial score (nSPS) is 27.0. The molecule has 0 spiro atoms. The van der Waals surface area contributed by atoms with Crippen LogP contribution in [0.3, 0.4) is 0 Å². The van der Waals surface area contributed by atoms with Crippen LogP contribution in [0.15, 0.2) is 24.3 Å². The number of carboxylic acids is 1. The molecule has 3 saturated heterocycles. The molecule has 3 aliphatic rings. The first-order valence-corrected chi connectivity index (χ1v) is 11.4. The zero-order valence-corrected chi connectivity index (χ0v) is 18.5. The van der Waals surface area contributed by atoms with E-state index >= 15 is 0 Å². The SMILES string of the molecule is CN1[C@@H](CCC(=O)N2CCOCC2)CNC(=O)[C@@H]2[C@H]1CCN2Cc1ccc(C(=O)O)cc1. The Hall–Kier alpha value is -2.49. The smallest absolute Gasteiger partial charge is 0.335 e. The van der Waals surface area contributed by atoms with Crippen molar-refractivity contribution in [2.24, 2.45) is 0 Å². The Kier molecular flexibility index (Phi) is 7.07. The van der Waals surface area contributed by atoms with Gasteiger partial charge >= 0.3 is 5.97 Å². The number of nitrogens with one attached hydrogen (secondary N) is 1. The lowest BCUT2D eigenvalue weighted by atomic mass is 10.0. The van der Waals surface area contributed by atoms with Gasteiger partial charge in [0.15, 0.2) is 0 Å². The van der Waals surface area contributed by atoms with E-state index in [4.69, 9.17) is 9.84 Å². The lowest BCUT2D eigenvalue weighted by Crippen LogP contribution is -2.49. The molecule has 0 bridgehead atoms. The zero-order valence-electron chi connectivity index (χ0n) is 18.5. The molecule has 9 heteroatoms. The zero-order chi connectivity index (χ0) is 22.7. The van der Waals surface area contributed by atoms with Crippen LogP contribution in [0.1, 0.15) is 35.2 Å². The third kappa shape index (κ3) is 4.95. The minimum Gasteiger partial charge on any atom is -0.478 e. The highest BCUT2D eigenvalue weighted by Gasteiger charge is 2.45. The Bertz CT molecular complexity index is 839. The number of hydrogen-bond donors (Lipinski definition) is 2. The van der Waals surface area contributed by atoms with Crippen LogP contribution in [0.25, 0.3) is 0 Å². The quantitative estimate of drug-likeness (QED) is 0.655. The van der Waals surface area contributed by atoms with Gasteiger partial charge in [-0.05, 0) is 37.6 Å². The first-order chi connectivity index (χ1) is 15.4. The Morgan fingerprint density at radius 2 is 1.88 bits per heavy atom. The summed E-state index contributed by atoms with van der Waals surface area (Å²) in [5.74, 6) is -0.754. The molecule has 32 heavy (non-hydrogen) atoms. The van der Waals surface area contributed by atoms with Gasteiger partial charge in [-0.25, -0.2) is 4.79 Å². The molecular weight excluding hydrogens is 412 g/mol. The van der Waals surface area contributed by atoms with E-state index < -0.39 is 5.97 Å². The highest BCUT2D eigenvalue weighted by molar-refractivity contribution is 5.87. The Balaban J connectivity index is 1.37. The first kappa shape index (κ1) is 22.7. The van der Waals surface area contributed by atoms with Crippen molar-refractivity contribution in [1.29, 1.82) is 0 Å².